The van der Waals surface area contributed by atoms with Crippen molar-refractivity contribution in [3.05, 3.63) is 72.2 Å². The number of carbonyl (C=O) groups excluding carboxylic acids is 1. The third kappa shape index (κ3) is 4.77. The summed E-state index contributed by atoms with van der Waals surface area (Å²) in [5.41, 5.74) is 0.984. The van der Waals surface area contributed by atoms with Crippen molar-refractivity contribution in [3.63, 3.8) is 0 Å². The van der Waals surface area contributed by atoms with E-state index in [4.69, 9.17) is 9.15 Å². The smallest absolute Gasteiger partial charge is 0.313 e. The minimum Gasteiger partial charge on any atom is -0.469 e. The highest BCUT2D eigenvalue weighted by molar-refractivity contribution is 5.91. The van der Waals surface area contributed by atoms with Crippen molar-refractivity contribution in [1.29, 1.82) is 0 Å². The van der Waals surface area contributed by atoms with Crippen molar-refractivity contribution < 1.29 is 13.9 Å². The first-order valence-corrected chi connectivity index (χ1v) is 9.62. The molecule has 2 aromatic carbocycles. The second kappa shape index (κ2) is 9.38. The van der Waals surface area contributed by atoms with Crippen LogP contribution >= 0.6 is 0 Å². The second-order valence-electron chi connectivity index (χ2n) is 6.60. The lowest BCUT2D eigenvalue weighted by molar-refractivity contribution is -0.146. The number of fused-ring (bicyclic) bond motifs is 1. The van der Waals surface area contributed by atoms with E-state index in [-0.39, 0.29) is 11.9 Å². The molecule has 4 heteroatoms. The highest BCUT2D eigenvalue weighted by atomic mass is 16.5. The van der Waals surface area contributed by atoms with Gasteiger partial charge >= 0.3 is 5.97 Å². The van der Waals surface area contributed by atoms with Gasteiger partial charge in [-0.25, -0.2) is 0 Å². The predicted octanol–water partition coefficient (Wildman–Crippen LogP) is 4.64. The Morgan fingerprint density at radius 3 is 2.56 bits per heavy atom. The van der Waals surface area contributed by atoms with E-state index in [0.717, 1.165) is 41.7 Å². The van der Waals surface area contributed by atoms with Crippen LogP contribution in [-0.2, 0) is 16.0 Å². The molecule has 0 aliphatic carbocycles. The Morgan fingerprint density at radius 1 is 1.04 bits per heavy atom. The molecule has 0 spiro atoms. The van der Waals surface area contributed by atoms with Gasteiger partial charge in [0, 0.05) is 13.0 Å². The second-order valence-corrected chi connectivity index (χ2v) is 6.60. The zero-order chi connectivity index (χ0) is 19.1. The normalized spacial score (nSPS) is 12.4. The standard InChI is InChI=1S/C23H27NO3/c1-3-24(4-2)14-16-27-23(25)22(17-19-11-8-15-26-19)21-13-7-10-18-9-5-6-12-20(18)21/h5-13,15,22H,3-4,14,16-17H2,1-2H3. The lowest BCUT2D eigenvalue weighted by Crippen LogP contribution is -2.29. The summed E-state index contributed by atoms with van der Waals surface area (Å²) >= 11 is 0. The molecule has 3 aromatic rings. The molecule has 1 atom stereocenters. The van der Waals surface area contributed by atoms with Gasteiger partial charge in [-0.05, 0) is 41.6 Å². The highest BCUT2D eigenvalue weighted by Gasteiger charge is 2.25. The average Bonchev–Trinajstić information content (AvgIpc) is 3.22. The van der Waals surface area contributed by atoms with Crippen LogP contribution < -0.4 is 0 Å². The molecule has 0 saturated heterocycles. The quantitative estimate of drug-likeness (QED) is 0.518. The maximum absolute atomic E-state index is 13.0. The van der Waals surface area contributed by atoms with Gasteiger partial charge in [0.1, 0.15) is 12.4 Å². The largest absolute Gasteiger partial charge is 0.469 e. The molecule has 0 aliphatic heterocycles. The Bertz CT molecular complexity index is 848. The van der Waals surface area contributed by atoms with E-state index in [0.29, 0.717) is 13.0 Å². The third-order valence-electron chi connectivity index (χ3n) is 5.01. The third-order valence-corrected chi connectivity index (χ3v) is 5.01. The monoisotopic (exact) mass is 365 g/mol. The van der Waals surface area contributed by atoms with E-state index in [1.165, 1.54) is 0 Å². The SMILES string of the molecule is CCN(CC)CCOC(=O)C(Cc1ccco1)c1cccc2ccccc12. The van der Waals surface area contributed by atoms with Crippen molar-refractivity contribution in [3.8, 4) is 0 Å². The van der Waals surface area contributed by atoms with Gasteiger partial charge in [-0.2, -0.15) is 0 Å². The van der Waals surface area contributed by atoms with Crippen LogP contribution in [0.2, 0.25) is 0 Å². The molecule has 27 heavy (non-hydrogen) atoms. The van der Waals surface area contributed by atoms with E-state index in [1.807, 2.05) is 36.4 Å². The number of hydrogen-bond donors (Lipinski definition) is 0. The molecule has 142 valence electrons. The van der Waals surface area contributed by atoms with Gasteiger partial charge in [0.25, 0.3) is 0 Å². The van der Waals surface area contributed by atoms with Crippen molar-refractivity contribution in [2.75, 3.05) is 26.2 Å². The molecule has 0 bridgehead atoms. The Hall–Kier alpha value is -2.59. The number of furan rings is 1. The maximum atomic E-state index is 13.0. The van der Waals surface area contributed by atoms with Crippen molar-refractivity contribution in [1.82, 2.24) is 4.90 Å². The van der Waals surface area contributed by atoms with Crippen LogP contribution in [0.25, 0.3) is 10.8 Å². The van der Waals surface area contributed by atoms with Crippen LogP contribution in [0.5, 0.6) is 0 Å². The molecule has 0 amide bonds. The molecule has 3 rings (SSSR count). The molecule has 0 aliphatic rings. The van der Waals surface area contributed by atoms with Crippen molar-refractivity contribution in [2.45, 2.75) is 26.2 Å². The molecular formula is C23H27NO3. The maximum Gasteiger partial charge on any atom is 0.313 e. The van der Waals surface area contributed by atoms with Crippen LogP contribution in [0.4, 0.5) is 0 Å². The van der Waals surface area contributed by atoms with Crippen molar-refractivity contribution >= 4 is 16.7 Å². The Kier molecular flexibility index (Phi) is 6.66. The zero-order valence-corrected chi connectivity index (χ0v) is 16.1. The number of ether oxygens (including phenoxy) is 1. The first-order valence-electron chi connectivity index (χ1n) is 9.62. The first-order chi connectivity index (χ1) is 13.2. The highest BCUT2D eigenvalue weighted by Crippen LogP contribution is 2.29. The van der Waals surface area contributed by atoms with Gasteiger partial charge in [-0.1, -0.05) is 56.3 Å². The van der Waals surface area contributed by atoms with E-state index >= 15 is 0 Å². The summed E-state index contributed by atoms with van der Waals surface area (Å²) in [5.74, 6) is 0.197. The summed E-state index contributed by atoms with van der Waals surface area (Å²) in [6.07, 6.45) is 2.13. The van der Waals surface area contributed by atoms with Gasteiger partial charge in [0.15, 0.2) is 0 Å². The minimum absolute atomic E-state index is 0.199. The minimum atomic E-state index is -0.390. The average molecular weight is 365 g/mol. The fourth-order valence-electron chi connectivity index (χ4n) is 3.42. The van der Waals surface area contributed by atoms with E-state index in [1.54, 1.807) is 6.26 Å². The van der Waals surface area contributed by atoms with E-state index in [9.17, 15) is 4.79 Å². The van der Waals surface area contributed by atoms with Crippen molar-refractivity contribution in [2.24, 2.45) is 0 Å². The van der Waals surface area contributed by atoms with Crippen LogP contribution in [0.1, 0.15) is 31.1 Å². The number of rotatable bonds is 9. The van der Waals surface area contributed by atoms with Crippen LogP contribution in [0, 0.1) is 0 Å². The Balaban J connectivity index is 1.83. The van der Waals surface area contributed by atoms with Gasteiger partial charge in [0.2, 0.25) is 0 Å². The summed E-state index contributed by atoms with van der Waals surface area (Å²) in [6.45, 7) is 7.28. The van der Waals surface area contributed by atoms with E-state index in [2.05, 4.69) is 36.9 Å². The Labute approximate surface area is 160 Å². The molecular weight excluding hydrogens is 338 g/mol. The molecule has 0 radical (unpaired) electrons. The number of likely N-dealkylation sites (N-methyl/N-ethyl adjacent to an activating group) is 1. The topological polar surface area (TPSA) is 42.7 Å². The number of benzene rings is 2. The number of hydrogen-bond acceptors (Lipinski definition) is 4. The predicted molar refractivity (Wildman–Crippen MR) is 108 cm³/mol. The molecule has 1 unspecified atom stereocenters. The first kappa shape index (κ1) is 19.2. The van der Waals surface area contributed by atoms with Crippen LogP contribution in [0.3, 0.4) is 0 Å². The number of nitrogens with zero attached hydrogens (tertiary/aromatic N) is 1. The molecule has 4 nitrogen and oxygen atoms in total. The fourth-order valence-corrected chi connectivity index (χ4v) is 3.42. The molecule has 1 aromatic heterocycles. The molecule has 1 heterocycles. The summed E-state index contributed by atoms with van der Waals surface area (Å²) < 4.78 is 11.2. The molecule has 0 saturated carbocycles. The van der Waals surface area contributed by atoms with E-state index < -0.39 is 0 Å². The summed E-state index contributed by atoms with van der Waals surface area (Å²) in [7, 11) is 0. The van der Waals surface area contributed by atoms with Gasteiger partial charge in [-0.3, -0.25) is 4.79 Å². The van der Waals surface area contributed by atoms with Gasteiger partial charge in [-0.15, -0.1) is 0 Å². The zero-order valence-electron chi connectivity index (χ0n) is 16.1. The summed E-state index contributed by atoms with van der Waals surface area (Å²) in [6, 6.07) is 18.0. The lowest BCUT2D eigenvalue weighted by Gasteiger charge is -2.20. The Morgan fingerprint density at radius 2 is 1.81 bits per heavy atom. The van der Waals surface area contributed by atoms with Crippen LogP contribution in [0.15, 0.2) is 65.3 Å². The van der Waals surface area contributed by atoms with Gasteiger partial charge in [0.05, 0.1) is 12.2 Å². The lowest BCUT2D eigenvalue weighted by atomic mass is 9.90. The number of esters is 1. The molecule has 0 N–H and O–H groups in total. The number of carbonyl (C=O) groups is 1. The van der Waals surface area contributed by atoms with Gasteiger partial charge < -0.3 is 14.1 Å². The van der Waals surface area contributed by atoms with Crippen LogP contribution in [-0.4, -0.2) is 37.1 Å². The molecule has 0 fully saturated rings. The summed E-state index contributed by atoms with van der Waals surface area (Å²) in [4.78, 5) is 15.2. The fraction of sp³-hybridized carbons (Fsp3) is 0.348. The summed E-state index contributed by atoms with van der Waals surface area (Å²) in [5, 5.41) is 2.20.